The molecule has 114 valence electrons. The first-order chi connectivity index (χ1) is 10.0. The number of hydrogen-bond donors (Lipinski definition) is 1. The van der Waals surface area contributed by atoms with Gasteiger partial charge < -0.3 is 10.2 Å². The van der Waals surface area contributed by atoms with Crippen LogP contribution in [0.2, 0.25) is 0 Å². The number of hydrogen-bond acceptors (Lipinski definition) is 2. The maximum absolute atomic E-state index is 12.7. The molecule has 1 N–H and O–H groups in total. The van der Waals surface area contributed by atoms with Gasteiger partial charge in [-0.3, -0.25) is 9.59 Å². The second-order valence-electron chi connectivity index (χ2n) is 5.74. The lowest BCUT2D eigenvalue weighted by Crippen LogP contribution is -2.38. The highest BCUT2D eigenvalue weighted by molar-refractivity contribution is 5.97. The van der Waals surface area contributed by atoms with E-state index in [0.29, 0.717) is 11.6 Å². The molecule has 21 heavy (non-hydrogen) atoms. The van der Waals surface area contributed by atoms with Crippen molar-refractivity contribution in [1.82, 2.24) is 4.90 Å². The summed E-state index contributed by atoms with van der Waals surface area (Å²) in [6, 6.07) is 5.89. The minimum absolute atomic E-state index is 0.0657. The van der Waals surface area contributed by atoms with E-state index in [1.54, 1.807) is 6.07 Å². The Morgan fingerprint density at radius 1 is 1.29 bits per heavy atom. The highest BCUT2D eigenvalue weighted by Crippen LogP contribution is 2.26. The van der Waals surface area contributed by atoms with Gasteiger partial charge in [-0.05, 0) is 44.4 Å². The molecular formula is C17H24N2O2. The van der Waals surface area contributed by atoms with Gasteiger partial charge in [-0.2, -0.15) is 0 Å². The van der Waals surface area contributed by atoms with Crippen LogP contribution >= 0.6 is 0 Å². The topological polar surface area (TPSA) is 49.4 Å². The summed E-state index contributed by atoms with van der Waals surface area (Å²) in [5.74, 6) is -0.0539. The number of anilines is 1. The molecule has 1 aromatic carbocycles. The third-order valence-electron chi connectivity index (χ3n) is 4.16. The van der Waals surface area contributed by atoms with Crippen molar-refractivity contribution in [2.75, 3.05) is 11.9 Å². The van der Waals surface area contributed by atoms with Crippen LogP contribution in [0.1, 0.15) is 55.5 Å². The first-order valence-electron chi connectivity index (χ1n) is 7.72. The van der Waals surface area contributed by atoms with E-state index in [2.05, 4.69) is 5.32 Å². The molecule has 2 amide bonds. The van der Waals surface area contributed by atoms with Crippen molar-refractivity contribution in [1.29, 1.82) is 0 Å². The molecule has 1 aliphatic rings. The summed E-state index contributed by atoms with van der Waals surface area (Å²) in [7, 11) is 0. The molecule has 1 aliphatic carbocycles. The third kappa shape index (κ3) is 3.63. The zero-order chi connectivity index (χ0) is 15.4. The molecule has 0 saturated heterocycles. The van der Waals surface area contributed by atoms with E-state index in [0.717, 1.165) is 30.6 Å². The summed E-state index contributed by atoms with van der Waals surface area (Å²) >= 11 is 0. The molecule has 0 aliphatic heterocycles. The minimum atomic E-state index is -0.120. The predicted octanol–water partition coefficient (Wildman–Crippen LogP) is 3.36. The van der Waals surface area contributed by atoms with E-state index in [-0.39, 0.29) is 11.8 Å². The van der Waals surface area contributed by atoms with E-state index in [1.165, 1.54) is 19.8 Å². The average Bonchev–Trinajstić information content (AvgIpc) is 2.95. The molecule has 2 rings (SSSR count). The number of amides is 2. The number of rotatable bonds is 4. The van der Waals surface area contributed by atoms with Crippen LogP contribution in [-0.4, -0.2) is 29.3 Å². The monoisotopic (exact) mass is 288 g/mol. The molecule has 4 nitrogen and oxygen atoms in total. The maximum Gasteiger partial charge on any atom is 0.254 e. The summed E-state index contributed by atoms with van der Waals surface area (Å²) in [5.41, 5.74) is 2.33. The SMILES string of the molecule is CCN(C(=O)c1ccc(C)c(NC(C)=O)c1)C1CCCC1. The van der Waals surface area contributed by atoms with Crippen LogP contribution < -0.4 is 5.32 Å². The molecule has 0 radical (unpaired) electrons. The van der Waals surface area contributed by atoms with Crippen molar-refractivity contribution in [2.24, 2.45) is 0 Å². The Morgan fingerprint density at radius 3 is 2.52 bits per heavy atom. The van der Waals surface area contributed by atoms with Crippen LogP contribution in [0.4, 0.5) is 5.69 Å². The Bertz CT molecular complexity index is 534. The second kappa shape index (κ2) is 6.74. The molecule has 0 spiro atoms. The largest absolute Gasteiger partial charge is 0.336 e. The molecule has 0 aromatic heterocycles. The van der Waals surface area contributed by atoms with Crippen molar-refractivity contribution < 1.29 is 9.59 Å². The normalized spacial score (nSPS) is 15.0. The summed E-state index contributed by atoms with van der Waals surface area (Å²) in [4.78, 5) is 25.9. The smallest absolute Gasteiger partial charge is 0.254 e. The predicted molar refractivity (Wildman–Crippen MR) is 84.4 cm³/mol. The Kier molecular flexibility index (Phi) is 4.99. The van der Waals surface area contributed by atoms with E-state index in [9.17, 15) is 9.59 Å². The number of aryl methyl sites for hydroxylation is 1. The van der Waals surface area contributed by atoms with Gasteiger partial charge in [0.05, 0.1) is 0 Å². The van der Waals surface area contributed by atoms with Crippen molar-refractivity contribution in [3.63, 3.8) is 0 Å². The highest BCUT2D eigenvalue weighted by atomic mass is 16.2. The van der Waals surface area contributed by atoms with E-state index >= 15 is 0 Å². The second-order valence-corrected chi connectivity index (χ2v) is 5.74. The number of carbonyl (C=O) groups excluding carboxylic acids is 2. The molecule has 0 atom stereocenters. The van der Waals surface area contributed by atoms with Gasteiger partial charge in [-0.15, -0.1) is 0 Å². The lowest BCUT2D eigenvalue weighted by molar-refractivity contribution is -0.114. The summed E-state index contributed by atoms with van der Waals surface area (Å²) in [6.07, 6.45) is 4.62. The van der Waals surface area contributed by atoms with Gasteiger partial charge in [0, 0.05) is 30.8 Å². The number of benzene rings is 1. The van der Waals surface area contributed by atoms with Gasteiger partial charge in [0.15, 0.2) is 0 Å². The standard InChI is InChI=1S/C17H24N2O2/c1-4-19(15-7-5-6-8-15)17(21)14-10-9-12(2)16(11-14)18-13(3)20/h9-11,15H,4-8H2,1-3H3,(H,18,20). The van der Waals surface area contributed by atoms with Crippen LogP contribution in [0.5, 0.6) is 0 Å². The van der Waals surface area contributed by atoms with E-state index in [1.807, 2.05) is 30.9 Å². The Balaban J connectivity index is 2.23. The van der Waals surface area contributed by atoms with Crippen molar-refractivity contribution in [3.05, 3.63) is 29.3 Å². The summed E-state index contributed by atoms with van der Waals surface area (Å²) < 4.78 is 0. The Hall–Kier alpha value is -1.84. The van der Waals surface area contributed by atoms with Gasteiger partial charge >= 0.3 is 0 Å². The molecule has 1 fully saturated rings. The highest BCUT2D eigenvalue weighted by Gasteiger charge is 2.26. The van der Waals surface area contributed by atoms with Crippen LogP contribution in [-0.2, 0) is 4.79 Å². The van der Waals surface area contributed by atoms with Gasteiger partial charge in [0.1, 0.15) is 0 Å². The van der Waals surface area contributed by atoms with Crippen LogP contribution in [0, 0.1) is 6.92 Å². The van der Waals surface area contributed by atoms with Crippen molar-refractivity contribution >= 4 is 17.5 Å². The van der Waals surface area contributed by atoms with Crippen LogP contribution in [0.25, 0.3) is 0 Å². The summed E-state index contributed by atoms with van der Waals surface area (Å²) in [5, 5.41) is 2.79. The third-order valence-corrected chi connectivity index (χ3v) is 4.16. The fourth-order valence-electron chi connectivity index (χ4n) is 3.03. The quantitative estimate of drug-likeness (QED) is 0.923. The van der Waals surface area contributed by atoms with Gasteiger partial charge in [0.2, 0.25) is 5.91 Å². The molecule has 0 unspecified atom stereocenters. The first-order valence-corrected chi connectivity index (χ1v) is 7.72. The van der Waals surface area contributed by atoms with E-state index in [4.69, 9.17) is 0 Å². The maximum atomic E-state index is 12.7. The Morgan fingerprint density at radius 2 is 1.95 bits per heavy atom. The Labute approximate surface area is 126 Å². The molecule has 1 saturated carbocycles. The molecular weight excluding hydrogens is 264 g/mol. The molecule has 0 bridgehead atoms. The first kappa shape index (κ1) is 15.5. The molecule has 0 heterocycles. The lowest BCUT2D eigenvalue weighted by Gasteiger charge is -2.28. The van der Waals surface area contributed by atoms with Crippen molar-refractivity contribution in [3.8, 4) is 0 Å². The zero-order valence-corrected chi connectivity index (χ0v) is 13.1. The van der Waals surface area contributed by atoms with Crippen LogP contribution in [0.15, 0.2) is 18.2 Å². The summed E-state index contributed by atoms with van der Waals surface area (Å²) in [6.45, 7) is 6.16. The number of nitrogens with one attached hydrogen (secondary N) is 1. The molecule has 4 heteroatoms. The fourth-order valence-corrected chi connectivity index (χ4v) is 3.03. The lowest BCUT2D eigenvalue weighted by atomic mass is 10.1. The fraction of sp³-hybridized carbons (Fsp3) is 0.529. The average molecular weight is 288 g/mol. The van der Waals surface area contributed by atoms with Crippen molar-refractivity contribution in [2.45, 2.75) is 52.5 Å². The number of carbonyl (C=O) groups is 2. The van der Waals surface area contributed by atoms with E-state index < -0.39 is 0 Å². The van der Waals surface area contributed by atoms with Gasteiger partial charge in [-0.1, -0.05) is 18.9 Å². The van der Waals surface area contributed by atoms with Crippen LogP contribution in [0.3, 0.4) is 0 Å². The minimum Gasteiger partial charge on any atom is -0.336 e. The zero-order valence-electron chi connectivity index (χ0n) is 13.1. The number of nitrogens with zero attached hydrogens (tertiary/aromatic N) is 1. The van der Waals surface area contributed by atoms with Gasteiger partial charge in [-0.25, -0.2) is 0 Å². The van der Waals surface area contributed by atoms with Gasteiger partial charge in [0.25, 0.3) is 5.91 Å². The molecule has 1 aromatic rings.